The Balaban J connectivity index is 2.25. The Morgan fingerprint density at radius 3 is 1.95 bits per heavy atom. The van der Waals surface area contributed by atoms with Crippen LogP contribution in [0, 0.1) is 0 Å². The van der Waals surface area contributed by atoms with Crippen LogP contribution in [0.4, 0.5) is 0 Å². The molecule has 7 nitrogen and oxygen atoms in total. The SMILES string of the molecule is Cn1ccnc1CC(C)(Cc1nccn1C)N=[N+]=[N-]. The van der Waals surface area contributed by atoms with Crippen LogP contribution in [-0.4, -0.2) is 24.6 Å². The van der Waals surface area contributed by atoms with Crippen LogP contribution in [0.15, 0.2) is 29.9 Å². The van der Waals surface area contributed by atoms with E-state index in [2.05, 4.69) is 20.0 Å². The number of aromatic nitrogens is 4. The van der Waals surface area contributed by atoms with Gasteiger partial charge in [-0.1, -0.05) is 12.0 Å². The second-order valence-electron chi connectivity index (χ2n) is 4.95. The van der Waals surface area contributed by atoms with Gasteiger partial charge < -0.3 is 9.13 Å². The second kappa shape index (κ2) is 5.16. The zero-order valence-electron chi connectivity index (χ0n) is 11.4. The van der Waals surface area contributed by atoms with Gasteiger partial charge in [0.2, 0.25) is 0 Å². The molecular weight excluding hydrogens is 242 g/mol. The van der Waals surface area contributed by atoms with Gasteiger partial charge in [0, 0.05) is 56.6 Å². The van der Waals surface area contributed by atoms with Gasteiger partial charge in [-0.2, -0.15) is 0 Å². The normalized spacial score (nSPS) is 11.3. The summed E-state index contributed by atoms with van der Waals surface area (Å²) in [7, 11) is 3.86. The van der Waals surface area contributed by atoms with Crippen LogP contribution >= 0.6 is 0 Å². The van der Waals surface area contributed by atoms with Gasteiger partial charge in [0.15, 0.2) is 0 Å². The Kier molecular flexibility index (Phi) is 3.57. The van der Waals surface area contributed by atoms with Crippen molar-refractivity contribution in [2.24, 2.45) is 19.2 Å². The highest BCUT2D eigenvalue weighted by molar-refractivity contribution is 5.06. The highest BCUT2D eigenvalue weighted by Crippen LogP contribution is 2.21. The minimum atomic E-state index is -0.576. The molecule has 100 valence electrons. The van der Waals surface area contributed by atoms with Crippen LogP contribution < -0.4 is 0 Å². The van der Waals surface area contributed by atoms with Gasteiger partial charge in [0.25, 0.3) is 0 Å². The minimum Gasteiger partial charge on any atom is -0.338 e. The molecule has 0 spiro atoms. The molecule has 0 amide bonds. The fourth-order valence-electron chi connectivity index (χ4n) is 2.06. The fraction of sp³-hybridized carbons (Fsp3) is 0.500. The summed E-state index contributed by atoms with van der Waals surface area (Å²) in [5, 5.41) is 3.96. The Labute approximate surface area is 111 Å². The number of imidazole rings is 2. The van der Waals surface area contributed by atoms with E-state index in [1.807, 2.05) is 42.5 Å². The number of rotatable bonds is 5. The van der Waals surface area contributed by atoms with E-state index in [-0.39, 0.29) is 0 Å². The fourth-order valence-corrected chi connectivity index (χ4v) is 2.06. The third kappa shape index (κ3) is 2.95. The number of nitrogens with zero attached hydrogens (tertiary/aromatic N) is 7. The molecule has 0 atom stereocenters. The summed E-state index contributed by atoms with van der Waals surface area (Å²) >= 11 is 0. The van der Waals surface area contributed by atoms with E-state index in [1.54, 1.807) is 12.4 Å². The van der Waals surface area contributed by atoms with E-state index in [1.165, 1.54) is 0 Å². The molecule has 2 aromatic heterocycles. The van der Waals surface area contributed by atoms with E-state index >= 15 is 0 Å². The van der Waals surface area contributed by atoms with Crippen LogP contribution in [-0.2, 0) is 26.9 Å². The van der Waals surface area contributed by atoms with Gasteiger partial charge in [0.05, 0.1) is 5.54 Å². The molecule has 2 heterocycles. The number of azide groups is 1. The first-order valence-electron chi connectivity index (χ1n) is 6.03. The first-order valence-corrected chi connectivity index (χ1v) is 6.03. The van der Waals surface area contributed by atoms with Crippen LogP contribution in [0.5, 0.6) is 0 Å². The standard InChI is InChI=1S/C12H17N7/c1-12(16-17-13,8-10-14-4-6-18(10)2)9-11-15-5-7-19(11)3/h4-7H,8-9H2,1-3H3. The summed E-state index contributed by atoms with van der Waals surface area (Å²) in [5.41, 5.74) is 8.23. The molecule has 19 heavy (non-hydrogen) atoms. The number of hydrogen-bond acceptors (Lipinski definition) is 3. The predicted molar refractivity (Wildman–Crippen MR) is 71.4 cm³/mol. The largest absolute Gasteiger partial charge is 0.338 e. The lowest BCUT2D eigenvalue weighted by molar-refractivity contribution is 0.429. The first-order chi connectivity index (χ1) is 9.04. The van der Waals surface area contributed by atoms with Gasteiger partial charge in [-0.3, -0.25) is 0 Å². The smallest absolute Gasteiger partial charge is 0.109 e. The Hall–Kier alpha value is -2.27. The minimum absolute atomic E-state index is 0.576. The quantitative estimate of drug-likeness (QED) is 0.467. The summed E-state index contributed by atoms with van der Waals surface area (Å²) in [6.45, 7) is 1.93. The second-order valence-corrected chi connectivity index (χ2v) is 4.95. The van der Waals surface area contributed by atoms with E-state index in [9.17, 15) is 0 Å². The Bertz CT molecular complexity index is 561. The summed E-state index contributed by atoms with van der Waals surface area (Å²) in [5.74, 6) is 1.79. The molecule has 2 rings (SSSR count). The molecule has 0 aromatic carbocycles. The average Bonchev–Trinajstić information content (AvgIpc) is 2.90. The van der Waals surface area contributed by atoms with Gasteiger partial charge in [-0.15, -0.1) is 0 Å². The van der Waals surface area contributed by atoms with Crippen molar-refractivity contribution in [1.82, 2.24) is 19.1 Å². The summed E-state index contributed by atoms with van der Waals surface area (Å²) in [6.07, 6.45) is 8.40. The van der Waals surface area contributed by atoms with Crippen molar-refractivity contribution in [1.29, 1.82) is 0 Å². The Morgan fingerprint density at radius 1 is 1.16 bits per heavy atom. The molecule has 0 fully saturated rings. The van der Waals surface area contributed by atoms with E-state index in [4.69, 9.17) is 5.53 Å². The maximum atomic E-state index is 8.80. The van der Waals surface area contributed by atoms with Crippen molar-refractivity contribution < 1.29 is 0 Å². The lowest BCUT2D eigenvalue weighted by Crippen LogP contribution is -2.30. The summed E-state index contributed by atoms with van der Waals surface area (Å²) < 4.78 is 3.87. The van der Waals surface area contributed by atoms with Crippen molar-refractivity contribution in [2.75, 3.05) is 0 Å². The van der Waals surface area contributed by atoms with Gasteiger partial charge in [0.1, 0.15) is 11.6 Å². The van der Waals surface area contributed by atoms with E-state index in [0.29, 0.717) is 12.8 Å². The van der Waals surface area contributed by atoms with Crippen LogP contribution in [0.1, 0.15) is 18.6 Å². The molecule has 0 saturated heterocycles. The third-order valence-corrected chi connectivity index (χ3v) is 3.21. The third-order valence-electron chi connectivity index (χ3n) is 3.21. The molecule has 0 aliphatic rings. The van der Waals surface area contributed by atoms with Crippen LogP contribution in [0.3, 0.4) is 0 Å². The van der Waals surface area contributed by atoms with Crippen LogP contribution in [0.25, 0.3) is 10.4 Å². The molecule has 0 bridgehead atoms. The average molecular weight is 259 g/mol. The van der Waals surface area contributed by atoms with Crippen molar-refractivity contribution in [3.8, 4) is 0 Å². The number of hydrogen-bond donors (Lipinski definition) is 0. The molecule has 0 saturated carbocycles. The molecule has 0 aliphatic heterocycles. The predicted octanol–water partition coefficient (Wildman–Crippen LogP) is 2.01. The van der Waals surface area contributed by atoms with Gasteiger partial charge in [-0.25, -0.2) is 9.97 Å². The first kappa shape index (κ1) is 13.2. The topological polar surface area (TPSA) is 84.4 Å². The van der Waals surface area contributed by atoms with Crippen molar-refractivity contribution in [3.63, 3.8) is 0 Å². The lowest BCUT2D eigenvalue weighted by Gasteiger charge is -2.23. The van der Waals surface area contributed by atoms with Crippen LogP contribution in [0.2, 0.25) is 0 Å². The van der Waals surface area contributed by atoms with Crippen molar-refractivity contribution >= 4 is 0 Å². The maximum absolute atomic E-state index is 8.80. The molecule has 2 aromatic rings. The summed E-state index contributed by atoms with van der Waals surface area (Å²) in [4.78, 5) is 11.6. The molecule has 0 unspecified atom stereocenters. The maximum Gasteiger partial charge on any atom is 0.109 e. The van der Waals surface area contributed by atoms with E-state index < -0.39 is 5.54 Å². The van der Waals surface area contributed by atoms with E-state index in [0.717, 1.165) is 11.6 Å². The molecule has 0 radical (unpaired) electrons. The van der Waals surface area contributed by atoms with Crippen molar-refractivity contribution in [3.05, 3.63) is 46.9 Å². The zero-order valence-corrected chi connectivity index (χ0v) is 11.4. The number of aryl methyl sites for hydroxylation is 2. The van der Waals surface area contributed by atoms with Crippen molar-refractivity contribution in [2.45, 2.75) is 25.3 Å². The molecular formula is C12H17N7. The monoisotopic (exact) mass is 259 g/mol. The highest BCUT2D eigenvalue weighted by atomic mass is 15.2. The molecule has 0 N–H and O–H groups in total. The molecule has 0 aliphatic carbocycles. The highest BCUT2D eigenvalue weighted by Gasteiger charge is 2.27. The Morgan fingerprint density at radius 2 is 1.63 bits per heavy atom. The summed E-state index contributed by atoms with van der Waals surface area (Å²) in [6, 6.07) is 0. The van der Waals surface area contributed by atoms with Gasteiger partial charge >= 0.3 is 0 Å². The lowest BCUT2D eigenvalue weighted by atomic mass is 9.94. The zero-order chi connectivity index (χ0) is 13.9. The van der Waals surface area contributed by atoms with Gasteiger partial charge in [-0.05, 0) is 5.53 Å². The molecule has 7 heteroatoms.